The molecule has 3 amide bonds. The molecule has 1 saturated heterocycles. The molecular formula is C27H29F3N4O5. The van der Waals surface area contributed by atoms with E-state index in [9.17, 15) is 27.6 Å². The zero-order valence-electron chi connectivity index (χ0n) is 21.1. The molecule has 2 heterocycles. The van der Waals surface area contributed by atoms with E-state index in [1.54, 1.807) is 18.2 Å². The van der Waals surface area contributed by atoms with Gasteiger partial charge in [0.2, 0.25) is 12.7 Å². The highest BCUT2D eigenvalue weighted by molar-refractivity contribution is 5.96. The fraction of sp³-hybridized carbons (Fsp3) is 0.444. The van der Waals surface area contributed by atoms with Gasteiger partial charge in [-0.2, -0.15) is 13.2 Å². The van der Waals surface area contributed by atoms with Crippen LogP contribution >= 0.6 is 0 Å². The summed E-state index contributed by atoms with van der Waals surface area (Å²) in [7, 11) is 0. The summed E-state index contributed by atoms with van der Waals surface area (Å²) in [4.78, 5) is 39.3. The number of ether oxygens (including phenoxy) is 2. The number of carbonyl (C=O) groups excluding carboxylic acids is 3. The second kappa shape index (κ2) is 11.1. The molecule has 3 N–H and O–H groups in total. The minimum absolute atomic E-state index is 0.0496. The van der Waals surface area contributed by atoms with E-state index in [2.05, 4.69) is 20.9 Å². The highest BCUT2D eigenvalue weighted by atomic mass is 19.4. The van der Waals surface area contributed by atoms with Crippen molar-refractivity contribution in [1.29, 1.82) is 0 Å². The normalized spacial score (nSPS) is 21.1. The van der Waals surface area contributed by atoms with E-state index in [-0.39, 0.29) is 36.9 Å². The van der Waals surface area contributed by atoms with E-state index in [1.807, 2.05) is 0 Å². The van der Waals surface area contributed by atoms with E-state index in [0.29, 0.717) is 36.2 Å². The molecule has 208 valence electrons. The van der Waals surface area contributed by atoms with Crippen LogP contribution in [0.15, 0.2) is 42.5 Å². The predicted octanol–water partition coefficient (Wildman–Crippen LogP) is 2.71. The van der Waals surface area contributed by atoms with Crippen molar-refractivity contribution >= 4 is 17.7 Å². The molecule has 5 rings (SSSR count). The number of nitrogens with zero attached hydrogens (tertiary/aromatic N) is 1. The maximum atomic E-state index is 12.8. The number of benzene rings is 2. The zero-order valence-corrected chi connectivity index (χ0v) is 21.1. The molecule has 0 aromatic heterocycles. The molecule has 1 saturated carbocycles. The molecule has 0 atom stereocenters. The molecule has 2 aliphatic heterocycles. The standard InChI is InChI=1S/C27H29F3N4O5/c28-27(29,30)18-3-1-2-16(10-18)25(36)31-12-24(35)32-20-13-34(14-20)21-7-5-19(6-8-21)33-26(37)17-4-9-22-23(11-17)39-15-38-22/h1-4,9-11,19-21H,5-8,12-15H2,(H,31,36)(H,32,35)(H,33,37)/t19-,21+. The number of nitrogens with one attached hydrogen (secondary N) is 3. The second-order valence-corrected chi connectivity index (χ2v) is 10.0. The van der Waals surface area contributed by atoms with Gasteiger partial charge in [0, 0.05) is 36.3 Å². The second-order valence-electron chi connectivity index (χ2n) is 10.0. The van der Waals surface area contributed by atoms with Gasteiger partial charge in [0.1, 0.15) is 0 Å². The molecule has 39 heavy (non-hydrogen) atoms. The van der Waals surface area contributed by atoms with Crippen molar-refractivity contribution < 1.29 is 37.0 Å². The molecule has 2 fully saturated rings. The van der Waals surface area contributed by atoms with Gasteiger partial charge in [0.25, 0.3) is 11.8 Å². The lowest BCUT2D eigenvalue weighted by molar-refractivity contribution is -0.137. The largest absolute Gasteiger partial charge is 0.454 e. The summed E-state index contributed by atoms with van der Waals surface area (Å²) in [6.45, 7) is 1.21. The first-order chi connectivity index (χ1) is 18.7. The number of likely N-dealkylation sites (tertiary alicyclic amines) is 1. The number of rotatable bonds is 7. The van der Waals surface area contributed by atoms with E-state index in [1.165, 1.54) is 6.07 Å². The Morgan fingerprint density at radius 3 is 2.31 bits per heavy atom. The van der Waals surface area contributed by atoms with Crippen molar-refractivity contribution in [1.82, 2.24) is 20.9 Å². The van der Waals surface area contributed by atoms with Crippen LogP contribution in [0.2, 0.25) is 0 Å². The van der Waals surface area contributed by atoms with Crippen LogP contribution in [0.1, 0.15) is 52.0 Å². The smallest absolute Gasteiger partial charge is 0.416 e. The summed E-state index contributed by atoms with van der Waals surface area (Å²) in [5.41, 5.74) is -0.542. The molecule has 9 nitrogen and oxygen atoms in total. The van der Waals surface area contributed by atoms with Crippen LogP contribution < -0.4 is 25.4 Å². The summed E-state index contributed by atoms with van der Waals surface area (Å²) in [5, 5.41) is 8.32. The highest BCUT2D eigenvalue weighted by Crippen LogP contribution is 2.33. The molecule has 12 heteroatoms. The first-order valence-electron chi connectivity index (χ1n) is 12.8. The Morgan fingerprint density at radius 2 is 1.56 bits per heavy atom. The molecule has 0 spiro atoms. The maximum Gasteiger partial charge on any atom is 0.416 e. The maximum absolute atomic E-state index is 12.8. The zero-order chi connectivity index (χ0) is 27.6. The fourth-order valence-electron chi connectivity index (χ4n) is 5.17. The van der Waals surface area contributed by atoms with Gasteiger partial charge in [0.15, 0.2) is 11.5 Å². The third-order valence-corrected chi connectivity index (χ3v) is 7.32. The average molecular weight is 547 g/mol. The molecule has 3 aliphatic rings. The van der Waals surface area contributed by atoms with Crippen LogP contribution in [0, 0.1) is 0 Å². The molecular weight excluding hydrogens is 517 g/mol. The third-order valence-electron chi connectivity index (χ3n) is 7.32. The Kier molecular flexibility index (Phi) is 7.65. The van der Waals surface area contributed by atoms with Crippen LogP contribution in [0.3, 0.4) is 0 Å². The molecule has 2 aromatic carbocycles. The SMILES string of the molecule is O=C(CNC(=O)c1cccc(C(F)(F)F)c1)NC1CN([C@H]2CC[C@@H](NC(=O)c3ccc4c(c3)OCO4)CC2)C1. The Balaban J connectivity index is 0.988. The molecule has 0 unspecified atom stereocenters. The van der Waals surface area contributed by atoms with Crippen molar-refractivity contribution in [2.24, 2.45) is 0 Å². The van der Waals surface area contributed by atoms with E-state index in [4.69, 9.17) is 9.47 Å². The fourth-order valence-corrected chi connectivity index (χ4v) is 5.17. The van der Waals surface area contributed by atoms with Gasteiger partial charge < -0.3 is 25.4 Å². The molecule has 1 aliphatic carbocycles. The number of alkyl halides is 3. The number of halogens is 3. The number of hydrogen-bond acceptors (Lipinski definition) is 6. The first-order valence-corrected chi connectivity index (χ1v) is 12.8. The first kappa shape index (κ1) is 26.8. The summed E-state index contributed by atoms with van der Waals surface area (Å²) in [5.74, 6) is -0.0627. The van der Waals surface area contributed by atoms with Crippen molar-refractivity contribution in [2.45, 2.75) is 50.0 Å². The van der Waals surface area contributed by atoms with Crippen molar-refractivity contribution in [2.75, 3.05) is 26.4 Å². The number of hydrogen-bond donors (Lipinski definition) is 3. The Morgan fingerprint density at radius 1 is 0.846 bits per heavy atom. The topological polar surface area (TPSA) is 109 Å². The lowest BCUT2D eigenvalue weighted by atomic mass is 9.88. The summed E-state index contributed by atoms with van der Waals surface area (Å²) in [6.07, 6.45) is -0.975. The molecule has 0 bridgehead atoms. The van der Waals surface area contributed by atoms with E-state index in [0.717, 1.165) is 43.9 Å². The van der Waals surface area contributed by atoms with Gasteiger partial charge in [0.05, 0.1) is 18.2 Å². The summed E-state index contributed by atoms with van der Waals surface area (Å²) >= 11 is 0. The van der Waals surface area contributed by atoms with Gasteiger partial charge in [-0.15, -0.1) is 0 Å². The van der Waals surface area contributed by atoms with Crippen LogP contribution in [-0.4, -0.2) is 67.2 Å². The van der Waals surface area contributed by atoms with Crippen molar-refractivity contribution in [3.63, 3.8) is 0 Å². The van der Waals surface area contributed by atoms with Crippen LogP contribution in [0.25, 0.3) is 0 Å². The number of fused-ring (bicyclic) bond motifs is 1. The monoisotopic (exact) mass is 546 g/mol. The quantitative estimate of drug-likeness (QED) is 0.493. The van der Waals surface area contributed by atoms with Crippen LogP contribution in [0.4, 0.5) is 13.2 Å². The lowest BCUT2D eigenvalue weighted by Gasteiger charge is -2.46. The summed E-state index contributed by atoms with van der Waals surface area (Å²) in [6, 6.07) is 9.63. The highest BCUT2D eigenvalue weighted by Gasteiger charge is 2.36. The third kappa shape index (κ3) is 6.44. The lowest BCUT2D eigenvalue weighted by Crippen LogP contribution is -2.63. The van der Waals surface area contributed by atoms with Gasteiger partial charge in [-0.25, -0.2) is 0 Å². The number of carbonyl (C=O) groups is 3. The van der Waals surface area contributed by atoms with Gasteiger partial charge in [-0.05, 0) is 62.1 Å². The minimum atomic E-state index is -4.55. The summed E-state index contributed by atoms with van der Waals surface area (Å²) < 4.78 is 49.2. The molecule has 0 radical (unpaired) electrons. The van der Waals surface area contributed by atoms with Gasteiger partial charge >= 0.3 is 6.18 Å². The van der Waals surface area contributed by atoms with Crippen LogP contribution in [-0.2, 0) is 11.0 Å². The number of amides is 3. The average Bonchev–Trinajstić information content (AvgIpc) is 3.37. The Bertz CT molecular complexity index is 1240. The minimum Gasteiger partial charge on any atom is -0.454 e. The molecule has 2 aromatic rings. The van der Waals surface area contributed by atoms with Gasteiger partial charge in [-0.1, -0.05) is 6.07 Å². The Hall–Kier alpha value is -3.80. The van der Waals surface area contributed by atoms with Crippen LogP contribution in [0.5, 0.6) is 11.5 Å². The van der Waals surface area contributed by atoms with Crippen molar-refractivity contribution in [3.8, 4) is 11.5 Å². The predicted molar refractivity (Wildman–Crippen MR) is 133 cm³/mol. The van der Waals surface area contributed by atoms with Gasteiger partial charge in [-0.3, -0.25) is 19.3 Å². The van der Waals surface area contributed by atoms with Crippen molar-refractivity contribution in [3.05, 3.63) is 59.2 Å². The van der Waals surface area contributed by atoms with E-state index >= 15 is 0 Å². The van der Waals surface area contributed by atoms with E-state index < -0.39 is 23.6 Å². The Labute approximate surface area is 223 Å².